The maximum absolute atomic E-state index is 12.8. The number of hydrogen-bond acceptors (Lipinski definition) is 4. The van der Waals surface area contributed by atoms with Crippen molar-refractivity contribution < 1.29 is 19.6 Å². The first-order valence-electron chi connectivity index (χ1n) is 9.44. The zero-order valence-corrected chi connectivity index (χ0v) is 16.5. The number of aliphatic hydroxyl groups is 1. The number of nitrogens with zero attached hydrogens (tertiary/aromatic N) is 2. The lowest BCUT2D eigenvalue weighted by Gasteiger charge is -2.25. The highest BCUT2D eigenvalue weighted by atomic mass is 16.3. The molecule has 2 aromatic rings. The van der Waals surface area contributed by atoms with E-state index in [-0.39, 0.29) is 11.3 Å². The highest BCUT2D eigenvalue weighted by Gasteiger charge is 2.45. The van der Waals surface area contributed by atoms with Gasteiger partial charge in [0.2, 0.25) is 0 Å². The number of Topliss-reactive ketones (excluding diaryl/α,β-unsaturated/α-hetero) is 1. The lowest BCUT2D eigenvalue weighted by Crippen LogP contribution is -3.05. The summed E-state index contributed by atoms with van der Waals surface area (Å²) < 4.78 is 0. The summed E-state index contributed by atoms with van der Waals surface area (Å²) in [5.74, 6) is -1.37. The van der Waals surface area contributed by atoms with E-state index in [1.54, 1.807) is 35.5 Å². The Morgan fingerprint density at radius 3 is 2.50 bits per heavy atom. The van der Waals surface area contributed by atoms with Crippen molar-refractivity contribution in [3.8, 4) is 0 Å². The molecule has 3 rings (SSSR count). The molecule has 28 heavy (non-hydrogen) atoms. The molecule has 1 saturated heterocycles. The van der Waals surface area contributed by atoms with Gasteiger partial charge in [0.15, 0.2) is 0 Å². The van der Waals surface area contributed by atoms with Crippen molar-refractivity contribution >= 4 is 17.4 Å². The lowest BCUT2D eigenvalue weighted by atomic mass is 9.96. The van der Waals surface area contributed by atoms with Gasteiger partial charge in [-0.1, -0.05) is 35.9 Å². The fraction of sp³-hybridized carbons (Fsp3) is 0.318. The molecule has 0 radical (unpaired) electrons. The number of aromatic nitrogens is 1. The Morgan fingerprint density at radius 1 is 1.18 bits per heavy atom. The summed E-state index contributed by atoms with van der Waals surface area (Å²) in [4.78, 5) is 32.6. The van der Waals surface area contributed by atoms with Gasteiger partial charge in [0.25, 0.3) is 11.7 Å². The number of carbonyl (C=O) groups excluding carboxylic acids is 2. The van der Waals surface area contributed by atoms with Crippen molar-refractivity contribution in [1.29, 1.82) is 0 Å². The van der Waals surface area contributed by atoms with Gasteiger partial charge in [-0.05, 0) is 18.6 Å². The van der Waals surface area contributed by atoms with Crippen LogP contribution < -0.4 is 4.90 Å². The molecule has 0 spiro atoms. The molecule has 0 aliphatic carbocycles. The van der Waals surface area contributed by atoms with Crippen molar-refractivity contribution in [2.75, 3.05) is 27.2 Å². The molecule has 1 aliphatic heterocycles. The molecule has 2 N–H and O–H groups in total. The van der Waals surface area contributed by atoms with Crippen molar-refractivity contribution in [2.45, 2.75) is 19.4 Å². The van der Waals surface area contributed by atoms with Gasteiger partial charge in [0, 0.05) is 30.9 Å². The summed E-state index contributed by atoms with van der Waals surface area (Å²) in [7, 11) is 4.09. The second kappa shape index (κ2) is 8.35. The molecule has 1 aromatic carbocycles. The second-order valence-corrected chi connectivity index (χ2v) is 7.46. The Labute approximate surface area is 165 Å². The number of nitrogens with one attached hydrogen (secondary N) is 1. The van der Waals surface area contributed by atoms with Crippen LogP contribution in [0.1, 0.15) is 29.2 Å². The molecular weight excluding hydrogens is 354 g/mol. The largest absolute Gasteiger partial charge is 0.507 e. The number of amides is 1. The van der Waals surface area contributed by atoms with Crippen molar-refractivity contribution in [2.24, 2.45) is 0 Å². The van der Waals surface area contributed by atoms with Gasteiger partial charge in [-0.3, -0.25) is 14.6 Å². The number of aryl methyl sites for hydroxylation is 1. The van der Waals surface area contributed by atoms with Crippen molar-refractivity contribution in [1.82, 2.24) is 9.88 Å². The molecule has 2 heterocycles. The number of hydrogen-bond donors (Lipinski definition) is 2. The summed E-state index contributed by atoms with van der Waals surface area (Å²) in [5, 5.41) is 10.9. The number of quaternary nitrogens is 1. The van der Waals surface area contributed by atoms with E-state index in [4.69, 9.17) is 0 Å². The number of pyridine rings is 1. The Morgan fingerprint density at radius 2 is 1.89 bits per heavy atom. The Bertz CT molecular complexity index is 889. The Kier molecular flexibility index (Phi) is 5.90. The summed E-state index contributed by atoms with van der Waals surface area (Å²) >= 11 is 0. The molecule has 0 saturated carbocycles. The van der Waals surface area contributed by atoms with E-state index in [9.17, 15) is 14.7 Å². The van der Waals surface area contributed by atoms with Gasteiger partial charge in [-0.25, -0.2) is 0 Å². The summed E-state index contributed by atoms with van der Waals surface area (Å²) in [6.07, 6.45) is 4.05. The van der Waals surface area contributed by atoms with Gasteiger partial charge < -0.3 is 14.9 Å². The molecule has 0 bridgehead atoms. The first-order valence-corrected chi connectivity index (χ1v) is 9.44. The minimum atomic E-state index is -0.649. The van der Waals surface area contributed by atoms with Gasteiger partial charge >= 0.3 is 0 Å². The molecule has 1 fully saturated rings. The highest BCUT2D eigenvalue weighted by molar-refractivity contribution is 6.46. The third-order valence-corrected chi connectivity index (χ3v) is 4.94. The van der Waals surface area contributed by atoms with Crippen LogP contribution in [-0.2, 0) is 9.59 Å². The predicted molar refractivity (Wildman–Crippen MR) is 107 cm³/mol. The van der Waals surface area contributed by atoms with Gasteiger partial charge in [-0.2, -0.15) is 0 Å². The van der Waals surface area contributed by atoms with Crippen molar-refractivity contribution in [3.63, 3.8) is 0 Å². The third-order valence-electron chi connectivity index (χ3n) is 4.94. The standard InChI is InChI=1S/C22H25N3O3/c1-15-7-9-16(10-8-15)20(26)18-19(17-6-4-11-23-14-17)25(22(28)21(18)27)13-5-12-24(2)3/h4,6-11,14,19,26H,5,12-13H2,1-3H3/p+1/t19-/m0/s1. The molecule has 0 unspecified atom stereocenters. The van der Waals surface area contributed by atoms with Crippen molar-refractivity contribution in [3.05, 3.63) is 71.1 Å². The zero-order valence-electron chi connectivity index (χ0n) is 16.5. The predicted octanol–water partition coefficient (Wildman–Crippen LogP) is 1.35. The Balaban J connectivity index is 2.06. The second-order valence-electron chi connectivity index (χ2n) is 7.46. The van der Waals surface area contributed by atoms with Gasteiger partial charge in [0.05, 0.1) is 32.3 Å². The van der Waals surface area contributed by atoms with Crippen LogP contribution in [0.3, 0.4) is 0 Å². The molecule has 6 heteroatoms. The van der Waals surface area contributed by atoms with Crippen LogP contribution in [-0.4, -0.2) is 53.9 Å². The minimum absolute atomic E-state index is 0.124. The summed E-state index contributed by atoms with van der Waals surface area (Å²) in [5.41, 5.74) is 2.41. The number of carbonyl (C=O) groups is 2. The van der Waals surface area contributed by atoms with Gasteiger partial charge in [-0.15, -0.1) is 0 Å². The normalized spacial score (nSPS) is 18.9. The van der Waals surface area contributed by atoms with Crippen LogP contribution in [0.4, 0.5) is 0 Å². The molecule has 1 aliphatic rings. The highest BCUT2D eigenvalue weighted by Crippen LogP contribution is 2.39. The summed E-state index contributed by atoms with van der Waals surface area (Å²) in [6, 6.07) is 10.2. The lowest BCUT2D eigenvalue weighted by molar-refractivity contribution is -0.858. The van der Waals surface area contributed by atoms with E-state index >= 15 is 0 Å². The first kappa shape index (κ1) is 19.8. The molecule has 1 aromatic heterocycles. The van der Waals surface area contributed by atoms with E-state index in [1.807, 2.05) is 39.2 Å². The SMILES string of the molecule is Cc1ccc(C(O)=C2C(=O)C(=O)N(CCC[NH+](C)C)[C@H]2c2cccnc2)cc1. The van der Waals surface area contributed by atoms with Crippen LogP contribution in [0.25, 0.3) is 5.76 Å². The van der Waals surface area contributed by atoms with Crippen LogP contribution in [0.5, 0.6) is 0 Å². The average Bonchev–Trinajstić information content (AvgIpc) is 2.93. The monoisotopic (exact) mass is 380 g/mol. The number of aliphatic hydroxyl groups excluding tert-OH is 1. The number of rotatable bonds is 6. The van der Waals surface area contributed by atoms with E-state index < -0.39 is 17.7 Å². The van der Waals surface area contributed by atoms with E-state index in [0.29, 0.717) is 17.7 Å². The van der Waals surface area contributed by atoms with Gasteiger partial charge in [0.1, 0.15) is 5.76 Å². The maximum Gasteiger partial charge on any atom is 0.295 e. The number of ketones is 1. The minimum Gasteiger partial charge on any atom is -0.507 e. The van der Waals surface area contributed by atoms with Crippen LogP contribution >= 0.6 is 0 Å². The number of benzene rings is 1. The zero-order chi connectivity index (χ0) is 20.3. The molecule has 1 amide bonds. The third kappa shape index (κ3) is 3.97. The number of likely N-dealkylation sites (tertiary alicyclic amines) is 1. The molecule has 6 nitrogen and oxygen atoms in total. The van der Waals surface area contributed by atoms with Crippen LogP contribution in [0.2, 0.25) is 0 Å². The topological polar surface area (TPSA) is 74.9 Å². The fourth-order valence-corrected chi connectivity index (χ4v) is 3.46. The van der Waals surface area contributed by atoms with E-state index in [0.717, 1.165) is 18.5 Å². The smallest absolute Gasteiger partial charge is 0.295 e. The molecule has 1 atom stereocenters. The quantitative estimate of drug-likeness (QED) is 0.451. The molecule has 146 valence electrons. The van der Waals surface area contributed by atoms with Crippen LogP contribution in [0, 0.1) is 6.92 Å². The fourth-order valence-electron chi connectivity index (χ4n) is 3.46. The van der Waals surface area contributed by atoms with E-state index in [1.165, 1.54) is 4.90 Å². The first-order chi connectivity index (χ1) is 13.4. The van der Waals surface area contributed by atoms with Crippen LogP contribution in [0.15, 0.2) is 54.4 Å². The van der Waals surface area contributed by atoms with E-state index in [2.05, 4.69) is 4.98 Å². The summed E-state index contributed by atoms with van der Waals surface area (Å²) in [6.45, 7) is 3.27. The molecular formula is C22H26N3O3+. The Hall–Kier alpha value is -2.99. The maximum atomic E-state index is 12.8. The average molecular weight is 380 g/mol.